The second kappa shape index (κ2) is 5.05. The molecule has 1 aromatic heterocycles. The van der Waals surface area contributed by atoms with Crippen LogP contribution in [-0.4, -0.2) is 26.8 Å². The zero-order valence-electron chi connectivity index (χ0n) is 11.0. The number of amidine groups is 1. The highest BCUT2D eigenvalue weighted by Crippen LogP contribution is 2.16. The Morgan fingerprint density at radius 3 is 3.00 bits per heavy atom. The van der Waals surface area contributed by atoms with Gasteiger partial charge >= 0.3 is 0 Å². The van der Waals surface area contributed by atoms with Gasteiger partial charge in [0.2, 0.25) is 0 Å². The fraction of sp³-hybridized carbons (Fsp3) is 0.286. The summed E-state index contributed by atoms with van der Waals surface area (Å²) in [7, 11) is 0. The number of halogens is 1. The van der Waals surface area contributed by atoms with E-state index in [1.54, 1.807) is 12.3 Å². The van der Waals surface area contributed by atoms with Gasteiger partial charge < -0.3 is 10.3 Å². The lowest BCUT2D eigenvalue weighted by Crippen LogP contribution is -2.33. The number of aromatic nitrogens is 2. The minimum absolute atomic E-state index is 0.111. The van der Waals surface area contributed by atoms with Crippen LogP contribution in [0.3, 0.4) is 0 Å². The predicted octanol–water partition coefficient (Wildman–Crippen LogP) is 1.32. The molecular formula is C14H16FN5. The van der Waals surface area contributed by atoms with E-state index in [2.05, 4.69) is 14.5 Å². The lowest BCUT2D eigenvalue weighted by molar-refractivity contribution is 0.208. The highest BCUT2D eigenvalue weighted by atomic mass is 19.1. The molecular weight excluding hydrogens is 257 g/mol. The van der Waals surface area contributed by atoms with Crippen molar-refractivity contribution in [1.82, 2.24) is 14.5 Å². The van der Waals surface area contributed by atoms with Gasteiger partial charge in [0.05, 0.1) is 6.54 Å². The largest absolute Gasteiger partial charge is 0.384 e. The van der Waals surface area contributed by atoms with E-state index in [-0.39, 0.29) is 11.7 Å². The Hall–Kier alpha value is -2.21. The third kappa shape index (κ3) is 2.55. The van der Waals surface area contributed by atoms with Crippen LogP contribution in [-0.2, 0) is 19.6 Å². The van der Waals surface area contributed by atoms with Gasteiger partial charge in [-0.1, -0.05) is 0 Å². The van der Waals surface area contributed by atoms with Crippen LogP contribution in [0.25, 0.3) is 0 Å². The number of fused-ring (bicyclic) bond motifs is 1. The van der Waals surface area contributed by atoms with E-state index in [1.165, 1.54) is 12.1 Å². The van der Waals surface area contributed by atoms with Gasteiger partial charge in [0.15, 0.2) is 0 Å². The van der Waals surface area contributed by atoms with Crippen molar-refractivity contribution in [2.45, 2.75) is 19.6 Å². The molecule has 1 aliphatic rings. The zero-order chi connectivity index (χ0) is 14.1. The van der Waals surface area contributed by atoms with E-state index in [0.717, 1.165) is 31.0 Å². The molecule has 1 aromatic carbocycles. The van der Waals surface area contributed by atoms with Gasteiger partial charge in [0.25, 0.3) is 0 Å². The number of imidazole rings is 1. The summed E-state index contributed by atoms with van der Waals surface area (Å²) < 4.78 is 15.7. The smallest absolute Gasteiger partial charge is 0.124 e. The maximum atomic E-state index is 13.5. The third-order valence-corrected chi connectivity index (χ3v) is 3.50. The van der Waals surface area contributed by atoms with Crippen LogP contribution in [0.15, 0.2) is 30.6 Å². The molecule has 2 aromatic rings. The van der Waals surface area contributed by atoms with Crippen molar-refractivity contribution in [1.29, 1.82) is 5.41 Å². The number of hydrogen-bond acceptors (Lipinski definition) is 3. The number of nitrogens with one attached hydrogen (secondary N) is 1. The van der Waals surface area contributed by atoms with Crippen LogP contribution in [0.1, 0.15) is 17.0 Å². The first-order valence-electron chi connectivity index (χ1n) is 6.48. The van der Waals surface area contributed by atoms with Crippen molar-refractivity contribution in [2.75, 3.05) is 6.54 Å². The van der Waals surface area contributed by atoms with Gasteiger partial charge in [-0.3, -0.25) is 10.3 Å². The molecule has 3 rings (SSSR count). The standard InChI is InChI=1S/C14H16FN5/c15-12-6-10(5-11(7-12)14(16)17)8-19-3-4-20-2-1-18-13(20)9-19/h1-2,5-7H,3-4,8-9H2,(H3,16,17). The molecule has 1 aliphatic heterocycles. The summed E-state index contributed by atoms with van der Waals surface area (Å²) >= 11 is 0. The predicted molar refractivity (Wildman–Crippen MR) is 73.8 cm³/mol. The van der Waals surface area contributed by atoms with E-state index < -0.39 is 0 Å². The average molecular weight is 273 g/mol. The summed E-state index contributed by atoms with van der Waals surface area (Å²) in [5, 5.41) is 7.41. The number of hydrogen-bond donors (Lipinski definition) is 2. The van der Waals surface area contributed by atoms with Gasteiger partial charge in [-0.25, -0.2) is 9.37 Å². The van der Waals surface area contributed by atoms with Crippen molar-refractivity contribution in [3.05, 3.63) is 53.4 Å². The minimum Gasteiger partial charge on any atom is -0.384 e. The van der Waals surface area contributed by atoms with Crippen LogP contribution >= 0.6 is 0 Å². The van der Waals surface area contributed by atoms with Gasteiger partial charge in [0.1, 0.15) is 17.5 Å². The van der Waals surface area contributed by atoms with Crippen molar-refractivity contribution in [2.24, 2.45) is 5.73 Å². The first kappa shape index (κ1) is 12.8. The average Bonchev–Trinajstić information content (AvgIpc) is 2.85. The molecule has 0 bridgehead atoms. The first-order valence-corrected chi connectivity index (χ1v) is 6.48. The van der Waals surface area contributed by atoms with Gasteiger partial charge in [-0.15, -0.1) is 0 Å². The number of nitrogens with zero attached hydrogens (tertiary/aromatic N) is 3. The molecule has 20 heavy (non-hydrogen) atoms. The maximum absolute atomic E-state index is 13.5. The molecule has 0 fully saturated rings. The van der Waals surface area contributed by atoms with Crippen LogP contribution in [0.4, 0.5) is 4.39 Å². The summed E-state index contributed by atoms with van der Waals surface area (Å²) in [4.78, 5) is 6.51. The number of nitrogens with two attached hydrogens (primary N) is 1. The van der Waals surface area contributed by atoms with Crippen LogP contribution in [0.2, 0.25) is 0 Å². The highest BCUT2D eigenvalue weighted by molar-refractivity contribution is 5.95. The Kier molecular flexibility index (Phi) is 3.23. The second-order valence-corrected chi connectivity index (χ2v) is 5.01. The van der Waals surface area contributed by atoms with Crippen LogP contribution in [0.5, 0.6) is 0 Å². The van der Waals surface area contributed by atoms with E-state index in [4.69, 9.17) is 11.1 Å². The molecule has 0 amide bonds. The Morgan fingerprint density at radius 1 is 1.35 bits per heavy atom. The molecule has 0 saturated heterocycles. The van der Waals surface area contributed by atoms with Crippen molar-refractivity contribution >= 4 is 5.84 Å². The summed E-state index contributed by atoms with van der Waals surface area (Å²) in [5.41, 5.74) is 6.68. The quantitative estimate of drug-likeness (QED) is 0.654. The molecule has 0 aliphatic carbocycles. The highest BCUT2D eigenvalue weighted by Gasteiger charge is 2.17. The lowest BCUT2D eigenvalue weighted by atomic mass is 10.1. The molecule has 6 heteroatoms. The second-order valence-electron chi connectivity index (χ2n) is 5.01. The summed E-state index contributed by atoms with van der Waals surface area (Å²) in [6.07, 6.45) is 3.78. The molecule has 0 atom stereocenters. The van der Waals surface area contributed by atoms with Crippen LogP contribution < -0.4 is 5.73 Å². The Balaban J connectivity index is 1.77. The SMILES string of the molecule is N=C(N)c1cc(F)cc(CN2CCn3ccnc3C2)c1. The topological polar surface area (TPSA) is 70.9 Å². The van der Waals surface area contributed by atoms with Crippen LogP contribution in [0, 0.1) is 11.2 Å². The monoisotopic (exact) mass is 273 g/mol. The van der Waals surface area contributed by atoms with Crippen molar-refractivity contribution < 1.29 is 4.39 Å². The van der Waals surface area contributed by atoms with Crippen molar-refractivity contribution in [3.8, 4) is 0 Å². The third-order valence-electron chi connectivity index (χ3n) is 3.50. The summed E-state index contributed by atoms with van der Waals surface area (Å²) in [5.74, 6) is 0.561. The molecule has 5 nitrogen and oxygen atoms in total. The summed E-state index contributed by atoms with van der Waals surface area (Å²) in [6, 6.07) is 4.55. The number of benzene rings is 1. The molecule has 3 N–H and O–H groups in total. The molecule has 0 unspecified atom stereocenters. The minimum atomic E-state index is -0.355. The van der Waals surface area contributed by atoms with Crippen molar-refractivity contribution in [3.63, 3.8) is 0 Å². The normalized spacial score (nSPS) is 15.1. The fourth-order valence-corrected chi connectivity index (χ4v) is 2.51. The number of rotatable bonds is 3. The Morgan fingerprint density at radius 2 is 2.20 bits per heavy atom. The van der Waals surface area contributed by atoms with E-state index >= 15 is 0 Å². The molecule has 0 radical (unpaired) electrons. The van der Waals surface area contributed by atoms with E-state index in [9.17, 15) is 4.39 Å². The van der Waals surface area contributed by atoms with E-state index in [0.29, 0.717) is 12.1 Å². The molecule has 104 valence electrons. The van der Waals surface area contributed by atoms with E-state index in [1.807, 2.05) is 6.20 Å². The first-order chi connectivity index (χ1) is 9.61. The zero-order valence-corrected chi connectivity index (χ0v) is 11.0. The summed E-state index contributed by atoms with van der Waals surface area (Å²) in [6.45, 7) is 3.17. The van der Waals surface area contributed by atoms with Gasteiger partial charge in [-0.05, 0) is 23.8 Å². The Labute approximate surface area is 116 Å². The van der Waals surface area contributed by atoms with Gasteiger partial charge in [-0.2, -0.15) is 0 Å². The maximum Gasteiger partial charge on any atom is 0.124 e. The lowest BCUT2D eigenvalue weighted by Gasteiger charge is -2.27. The molecule has 2 heterocycles. The number of nitrogen functional groups attached to an aromatic ring is 1. The molecule has 0 saturated carbocycles. The Bertz CT molecular complexity index is 649. The fourth-order valence-electron chi connectivity index (χ4n) is 2.51. The molecule has 0 spiro atoms. The van der Waals surface area contributed by atoms with Gasteiger partial charge in [0, 0.05) is 37.6 Å².